The molecule has 0 heterocycles. The molecule has 0 saturated heterocycles. The third-order valence-corrected chi connectivity index (χ3v) is 4.71. The topological polar surface area (TPSA) is 70.2 Å². The van der Waals surface area contributed by atoms with E-state index in [9.17, 15) is 14.0 Å². The van der Waals surface area contributed by atoms with E-state index in [-0.39, 0.29) is 30.0 Å². The minimum Gasteiger partial charge on any atom is -0.355 e. The Morgan fingerprint density at radius 1 is 0.926 bits per heavy atom. The van der Waals surface area contributed by atoms with E-state index in [1.54, 1.807) is 0 Å². The van der Waals surface area contributed by atoms with Crippen LogP contribution < -0.4 is 16.0 Å². The zero-order chi connectivity index (χ0) is 18.6. The summed E-state index contributed by atoms with van der Waals surface area (Å²) in [6.07, 6.45) is 8.71. The zero-order valence-electron chi connectivity index (χ0n) is 15.8. The highest BCUT2D eigenvalue weighted by Crippen LogP contribution is 2.16. The van der Waals surface area contributed by atoms with Gasteiger partial charge in [0.05, 0.1) is 0 Å². The van der Waals surface area contributed by atoms with Gasteiger partial charge in [-0.2, -0.15) is 0 Å². The standard InChI is InChI=1S/C20H30FN3O2.ClH/c21-17-11-9-16(10-12-17)20(26)24-13-5-8-19(25)23-15-14-22-18-6-3-1-2-4-7-18;/h9-12,18,22H,1-8,13-15H2,(H,23,25)(H,24,26);1H. The van der Waals surface area contributed by atoms with Crippen molar-refractivity contribution < 1.29 is 14.0 Å². The predicted octanol–water partition coefficient (Wildman–Crippen LogP) is 3.19. The van der Waals surface area contributed by atoms with Gasteiger partial charge in [-0.3, -0.25) is 9.59 Å². The molecule has 1 aliphatic carbocycles. The van der Waals surface area contributed by atoms with Crippen LogP contribution in [-0.4, -0.2) is 37.5 Å². The Hall–Kier alpha value is -1.66. The lowest BCUT2D eigenvalue weighted by molar-refractivity contribution is -0.121. The van der Waals surface area contributed by atoms with Crippen molar-refractivity contribution in [1.29, 1.82) is 0 Å². The summed E-state index contributed by atoms with van der Waals surface area (Å²) in [7, 11) is 0. The Morgan fingerprint density at radius 3 is 2.26 bits per heavy atom. The minimum atomic E-state index is -0.369. The van der Waals surface area contributed by atoms with Crippen LogP contribution in [0.1, 0.15) is 61.7 Å². The van der Waals surface area contributed by atoms with Crippen molar-refractivity contribution in [2.24, 2.45) is 0 Å². The number of benzene rings is 1. The van der Waals surface area contributed by atoms with E-state index in [1.807, 2.05) is 0 Å². The van der Waals surface area contributed by atoms with Gasteiger partial charge in [0.15, 0.2) is 0 Å². The molecule has 0 aliphatic heterocycles. The Balaban J connectivity index is 0.00000364. The number of carbonyl (C=O) groups excluding carboxylic acids is 2. The second kappa shape index (κ2) is 13.5. The lowest BCUT2D eigenvalue weighted by Crippen LogP contribution is -2.37. The maximum atomic E-state index is 12.8. The van der Waals surface area contributed by atoms with Gasteiger partial charge in [-0.1, -0.05) is 25.7 Å². The average molecular weight is 400 g/mol. The molecule has 2 amide bonds. The van der Waals surface area contributed by atoms with E-state index in [0.717, 1.165) is 6.54 Å². The summed E-state index contributed by atoms with van der Waals surface area (Å²) in [5, 5.41) is 9.17. The van der Waals surface area contributed by atoms with Crippen LogP contribution in [0.5, 0.6) is 0 Å². The van der Waals surface area contributed by atoms with Gasteiger partial charge in [-0.15, -0.1) is 12.4 Å². The molecule has 5 nitrogen and oxygen atoms in total. The van der Waals surface area contributed by atoms with Crippen LogP contribution in [0.15, 0.2) is 24.3 Å². The van der Waals surface area contributed by atoms with Crippen LogP contribution in [0.3, 0.4) is 0 Å². The number of rotatable bonds is 9. The molecule has 1 aliphatic rings. The molecule has 0 bridgehead atoms. The molecular weight excluding hydrogens is 369 g/mol. The largest absolute Gasteiger partial charge is 0.355 e. The molecule has 1 fully saturated rings. The molecule has 0 aromatic heterocycles. The van der Waals surface area contributed by atoms with E-state index < -0.39 is 0 Å². The summed E-state index contributed by atoms with van der Waals surface area (Å²) >= 11 is 0. The Morgan fingerprint density at radius 2 is 1.59 bits per heavy atom. The third-order valence-electron chi connectivity index (χ3n) is 4.71. The number of halogens is 2. The van der Waals surface area contributed by atoms with Crippen LogP contribution >= 0.6 is 12.4 Å². The lowest BCUT2D eigenvalue weighted by Gasteiger charge is -2.16. The smallest absolute Gasteiger partial charge is 0.251 e. The van der Waals surface area contributed by atoms with Gasteiger partial charge in [0.25, 0.3) is 5.91 Å². The summed E-state index contributed by atoms with van der Waals surface area (Å²) in [4.78, 5) is 23.7. The Bertz CT molecular complexity index is 561. The quantitative estimate of drug-likeness (QED) is 0.441. The van der Waals surface area contributed by atoms with E-state index in [2.05, 4.69) is 16.0 Å². The van der Waals surface area contributed by atoms with E-state index in [0.29, 0.717) is 37.5 Å². The third kappa shape index (κ3) is 9.73. The van der Waals surface area contributed by atoms with Crippen molar-refractivity contribution in [2.75, 3.05) is 19.6 Å². The van der Waals surface area contributed by atoms with Crippen LogP contribution in [-0.2, 0) is 4.79 Å². The first-order valence-electron chi connectivity index (χ1n) is 9.69. The molecular formula is C20H31ClFN3O2. The molecule has 0 radical (unpaired) electrons. The van der Waals surface area contributed by atoms with Gasteiger partial charge in [-0.05, 0) is 43.5 Å². The first-order valence-corrected chi connectivity index (χ1v) is 9.69. The summed E-state index contributed by atoms with van der Waals surface area (Å²) in [5.41, 5.74) is 0.417. The summed E-state index contributed by atoms with van der Waals surface area (Å²) < 4.78 is 12.8. The Kier molecular flexibility index (Phi) is 11.7. The molecule has 27 heavy (non-hydrogen) atoms. The maximum absolute atomic E-state index is 12.8. The molecule has 7 heteroatoms. The number of hydrogen-bond donors (Lipinski definition) is 3. The van der Waals surface area contributed by atoms with Gasteiger partial charge >= 0.3 is 0 Å². The van der Waals surface area contributed by atoms with Gasteiger partial charge < -0.3 is 16.0 Å². The lowest BCUT2D eigenvalue weighted by atomic mass is 10.1. The summed E-state index contributed by atoms with van der Waals surface area (Å²) in [5.74, 6) is -0.617. The molecule has 2 rings (SSSR count). The van der Waals surface area contributed by atoms with Crippen LogP contribution in [0, 0.1) is 5.82 Å². The monoisotopic (exact) mass is 399 g/mol. The van der Waals surface area contributed by atoms with Gasteiger partial charge in [-0.25, -0.2) is 4.39 Å². The van der Waals surface area contributed by atoms with Crippen molar-refractivity contribution in [3.8, 4) is 0 Å². The van der Waals surface area contributed by atoms with Crippen LogP contribution in [0.25, 0.3) is 0 Å². The highest BCUT2D eigenvalue weighted by molar-refractivity contribution is 5.94. The minimum absolute atomic E-state index is 0. The SMILES string of the molecule is Cl.O=C(CCCNC(=O)c1ccc(F)cc1)NCCNC1CCCCCC1. The molecule has 0 atom stereocenters. The first kappa shape index (κ1) is 23.4. The highest BCUT2D eigenvalue weighted by Gasteiger charge is 2.11. The number of amides is 2. The number of carbonyl (C=O) groups is 2. The zero-order valence-corrected chi connectivity index (χ0v) is 16.6. The van der Waals surface area contributed by atoms with Crippen molar-refractivity contribution in [3.63, 3.8) is 0 Å². The molecule has 0 spiro atoms. The van der Waals surface area contributed by atoms with E-state index in [4.69, 9.17) is 0 Å². The maximum Gasteiger partial charge on any atom is 0.251 e. The molecule has 3 N–H and O–H groups in total. The number of hydrogen-bond acceptors (Lipinski definition) is 3. The Labute approximate surface area is 167 Å². The average Bonchev–Trinajstić information content (AvgIpc) is 2.91. The molecule has 0 unspecified atom stereocenters. The predicted molar refractivity (Wildman–Crippen MR) is 108 cm³/mol. The normalized spacial score (nSPS) is 14.7. The van der Waals surface area contributed by atoms with Gasteiger partial charge in [0.2, 0.25) is 5.91 Å². The van der Waals surface area contributed by atoms with Crippen molar-refractivity contribution >= 4 is 24.2 Å². The molecule has 1 saturated carbocycles. The summed E-state index contributed by atoms with van der Waals surface area (Å²) in [6.45, 7) is 1.86. The molecule has 152 valence electrons. The van der Waals surface area contributed by atoms with Crippen molar-refractivity contribution in [1.82, 2.24) is 16.0 Å². The highest BCUT2D eigenvalue weighted by atomic mass is 35.5. The molecule has 1 aromatic rings. The van der Waals surface area contributed by atoms with Gasteiger partial charge in [0.1, 0.15) is 5.82 Å². The fourth-order valence-corrected chi connectivity index (χ4v) is 3.20. The van der Waals surface area contributed by atoms with E-state index >= 15 is 0 Å². The second-order valence-corrected chi connectivity index (χ2v) is 6.86. The molecule has 1 aromatic carbocycles. The second-order valence-electron chi connectivity index (χ2n) is 6.86. The van der Waals surface area contributed by atoms with Crippen molar-refractivity contribution in [2.45, 2.75) is 57.4 Å². The number of nitrogens with one attached hydrogen (secondary N) is 3. The van der Waals surface area contributed by atoms with E-state index in [1.165, 1.54) is 62.8 Å². The fraction of sp³-hybridized carbons (Fsp3) is 0.600. The first-order chi connectivity index (χ1) is 12.6. The summed E-state index contributed by atoms with van der Waals surface area (Å²) in [6, 6.07) is 5.99. The van der Waals surface area contributed by atoms with Crippen LogP contribution in [0.2, 0.25) is 0 Å². The van der Waals surface area contributed by atoms with Crippen molar-refractivity contribution in [3.05, 3.63) is 35.6 Å². The fourth-order valence-electron chi connectivity index (χ4n) is 3.20. The van der Waals surface area contributed by atoms with Crippen LogP contribution in [0.4, 0.5) is 4.39 Å². The van der Waals surface area contributed by atoms with Gasteiger partial charge in [0, 0.05) is 37.7 Å².